The molecule has 1 aromatic carbocycles. The van der Waals surface area contributed by atoms with Crippen LogP contribution in [0.15, 0.2) is 41.4 Å². The molecule has 2 aromatic rings. The third-order valence-corrected chi connectivity index (χ3v) is 5.26. The zero-order chi connectivity index (χ0) is 17.2. The van der Waals surface area contributed by atoms with Gasteiger partial charge in [-0.2, -0.15) is 0 Å². The minimum absolute atomic E-state index is 0.125. The van der Waals surface area contributed by atoms with E-state index in [0.29, 0.717) is 16.9 Å². The molecule has 0 saturated carbocycles. The van der Waals surface area contributed by atoms with Crippen molar-refractivity contribution in [3.05, 3.63) is 53.3 Å². The van der Waals surface area contributed by atoms with Gasteiger partial charge in [-0.3, -0.25) is 9.78 Å². The summed E-state index contributed by atoms with van der Waals surface area (Å²) in [5, 5.41) is 2.73. The summed E-state index contributed by atoms with van der Waals surface area (Å²) in [6.07, 6.45) is 1.64. The van der Waals surface area contributed by atoms with Crippen LogP contribution < -0.4 is 5.32 Å². The van der Waals surface area contributed by atoms with Crippen molar-refractivity contribution in [1.82, 2.24) is 9.29 Å². The third-order valence-electron chi connectivity index (χ3n) is 3.45. The molecule has 1 heterocycles. The fraction of sp³-hybridized carbons (Fsp3) is 0.250. The second kappa shape index (κ2) is 6.57. The molecule has 0 bridgehead atoms. The number of anilines is 1. The normalized spacial score (nSPS) is 13.7. The summed E-state index contributed by atoms with van der Waals surface area (Å²) >= 11 is 0. The molecule has 7 heteroatoms. The molecule has 0 radical (unpaired) electrons. The first-order chi connectivity index (χ1) is 10.7. The first-order valence-electron chi connectivity index (χ1n) is 6.99. The topological polar surface area (TPSA) is 85.4 Å². The molecule has 1 unspecified atom stereocenters. The van der Waals surface area contributed by atoms with Gasteiger partial charge in [-0.05, 0) is 37.6 Å². The lowest BCUT2D eigenvalue weighted by molar-refractivity contribution is 0.102. The number of carbonyl (C=O) groups is 1. The zero-order valence-electron chi connectivity index (χ0n) is 13.5. The van der Waals surface area contributed by atoms with Crippen molar-refractivity contribution >= 4 is 22.0 Å². The summed E-state index contributed by atoms with van der Waals surface area (Å²) in [7, 11) is -0.624. The molecule has 6 nitrogen and oxygen atoms in total. The van der Waals surface area contributed by atoms with Gasteiger partial charge in [-0.1, -0.05) is 10.3 Å². The highest BCUT2D eigenvalue weighted by atomic mass is 32.3. The van der Waals surface area contributed by atoms with E-state index < -0.39 is 10.4 Å². The largest absolute Gasteiger partial charge is 0.593 e. The summed E-state index contributed by atoms with van der Waals surface area (Å²) in [5.41, 5.74) is 2.35. The Kier molecular flexibility index (Phi) is 4.93. The monoisotopic (exact) mass is 333 g/mol. The van der Waals surface area contributed by atoms with Crippen molar-refractivity contribution in [3.63, 3.8) is 0 Å². The van der Waals surface area contributed by atoms with Crippen LogP contribution in [0.3, 0.4) is 0 Å². The van der Waals surface area contributed by atoms with E-state index in [-0.39, 0.29) is 10.8 Å². The van der Waals surface area contributed by atoms with Gasteiger partial charge in [-0.15, -0.1) is 4.31 Å². The Balaban J connectivity index is 2.31. The van der Waals surface area contributed by atoms with Crippen LogP contribution in [-0.2, 0) is 14.6 Å². The van der Waals surface area contributed by atoms with Crippen molar-refractivity contribution in [2.24, 2.45) is 0 Å². The van der Waals surface area contributed by atoms with Gasteiger partial charge < -0.3 is 9.87 Å². The highest BCUT2D eigenvalue weighted by Gasteiger charge is 2.24. The summed E-state index contributed by atoms with van der Waals surface area (Å²) in [6, 6.07) is 7.93. The van der Waals surface area contributed by atoms with Crippen molar-refractivity contribution in [3.8, 4) is 0 Å². The SMILES string of the molecule is Cc1ccnc(C)c1C(=O)Nc1cccc([S+](=O)([O-])N(C)C)c1. The Morgan fingerprint density at radius 1 is 1.26 bits per heavy atom. The number of aryl methyl sites for hydroxylation is 2. The fourth-order valence-electron chi connectivity index (χ4n) is 2.18. The van der Waals surface area contributed by atoms with Gasteiger partial charge in [0, 0.05) is 32.0 Å². The lowest BCUT2D eigenvalue weighted by Crippen LogP contribution is -2.29. The maximum Gasteiger partial charge on any atom is 0.257 e. The van der Waals surface area contributed by atoms with E-state index >= 15 is 0 Å². The summed E-state index contributed by atoms with van der Waals surface area (Å²) in [4.78, 5) is 16.7. The Morgan fingerprint density at radius 3 is 2.57 bits per heavy atom. The molecule has 0 fully saturated rings. The summed E-state index contributed by atoms with van der Waals surface area (Å²) in [6.45, 7) is 3.59. The molecule has 1 N–H and O–H groups in total. The first kappa shape index (κ1) is 17.3. The Morgan fingerprint density at radius 2 is 1.96 bits per heavy atom. The van der Waals surface area contributed by atoms with E-state index in [4.69, 9.17) is 0 Å². The van der Waals surface area contributed by atoms with E-state index in [1.807, 2.05) is 6.92 Å². The van der Waals surface area contributed by atoms with Gasteiger partial charge in [0.05, 0.1) is 11.3 Å². The predicted octanol–water partition coefficient (Wildman–Crippen LogP) is 2.42. The van der Waals surface area contributed by atoms with E-state index in [0.717, 1.165) is 9.87 Å². The molecule has 0 aliphatic carbocycles. The predicted molar refractivity (Wildman–Crippen MR) is 88.9 cm³/mol. The van der Waals surface area contributed by atoms with Crippen LogP contribution in [0.2, 0.25) is 0 Å². The maximum absolute atomic E-state index is 12.4. The fourth-order valence-corrected chi connectivity index (χ4v) is 3.12. The van der Waals surface area contributed by atoms with E-state index in [2.05, 4.69) is 10.3 Å². The highest BCUT2D eigenvalue weighted by molar-refractivity contribution is 7.95. The maximum atomic E-state index is 12.4. The molecular formula is C16H19N3O3S. The molecule has 122 valence electrons. The highest BCUT2D eigenvalue weighted by Crippen LogP contribution is 2.23. The average Bonchev–Trinajstić information content (AvgIpc) is 2.47. The molecule has 2 rings (SSSR count). The number of sulfonamides is 1. The van der Waals surface area contributed by atoms with Gasteiger partial charge in [0.2, 0.25) is 0 Å². The van der Waals surface area contributed by atoms with E-state index in [9.17, 15) is 13.6 Å². The van der Waals surface area contributed by atoms with Gasteiger partial charge >= 0.3 is 0 Å². The van der Waals surface area contributed by atoms with Crippen molar-refractivity contribution in [1.29, 1.82) is 0 Å². The van der Waals surface area contributed by atoms with Crippen molar-refractivity contribution in [2.75, 3.05) is 19.4 Å². The zero-order valence-corrected chi connectivity index (χ0v) is 14.3. The molecule has 0 aliphatic heterocycles. The summed E-state index contributed by atoms with van der Waals surface area (Å²) < 4.78 is 25.4. The van der Waals surface area contributed by atoms with Crippen LogP contribution in [0.1, 0.15) is 21.6 Å². The van der Waals surface area contributed by atoms with E-state index in [1.165, 1.54) is 26.2 Å². The number of aromatic nitrogens is 1. The number of nitrogens with one attached hydrogen (secondary N) is 1. The number of benzene rings is 1. The van der Waals surface area contributed by atoms with Crippen LogP contribution in [0.5, 0.6) is 0 Å². The van der Waals surface area contributed by atoms with E-state index in [1.54, 1.807) is 31.3 Å². The van der Waals surface area contributed by atoms with Gasteiger partial charge in [0.15, 0.2) is 15.3 Å². The van der Waals surface area contributed by atoms with Crippen LogP contribution in [0, 0.1) is 13.8 Å². The smallest absolute Gasteiger partial charge is 0.257 e. The van der Waals surface area contributed by atoms with Crippen LogP contribution in [-0.4, -0.2) is 33.8 Å². The Bertz CT molecular complexity index is 770. The quantitative estimate of drug-likeness (QED) is 0.871. The minimum atomic E-state index is -3.55. The molecular weight excluding hydrogens is 314 g/mol. The lowest BCUT2D eigenvalue weighted by Gasteiger charge is -2.20. The Labute approximate surface area is 136 Å². The molecule has 1 amide bonds. The van der Waals surface area contributed by atoms with Gasteiger partial charge in [0.25, 0.3) is 5.91 Å². The lowest BCUT2D eigenvalue weighted by atomic mass is 10.1. The number of rotatable bonds is 4. The first-order valence-corrected chi connectivity index (χ1v) is 8.43. The minimum Gasteiger partial charge on any atom is -0.593 e. The second-order valence-electron chi connectivity index (χ2n) is 5.36. The number of nitrogens with zero attached hydrogens (tertiary/aromatic N) is 2. The molecule has 0 aliphatic rings. The standard InChI is InChI=1S/C16H19N3O3S/c1-11-8-9-17-12(2)15(11)16(20)18-13-6-5-7-14(10-13)23(21,22)19(3)4/h5-10H,1-4H3,(H-,18,20,21,22). The van der Waals surface area contributed by atoms with Crippen LogP contribution in [0.25, 0.3) is 0 Å². The van der Waals surface area contributed by atoms with Gasteiger partial charge in [0.1, 0.15) is 0 Å². The molecule has 1 aromatic heterocycles. The van der Waals surface area contributed by atoms with Crippen molar-refractivity contribution < 1.29 is 13.6 Å². The van der Waals surface area contributed by atoms with Crippen LogP contribution >= 0.6 is 0 Å². The Hall–Kier alpha value is -2.09. The summed E-state index contributed by atoms with van der Waals surface area (Å²) in [5.74, 6) is -0.312. The van der Waals surface area contributed by atoms with Crippen LogP contribution in [0.4, 0.5) is 5.69 Å². The number of amides is 1. The number of carbonyl (C=O) groups excluding carboxylic acids is 1. The molecule has 0 saturated heterocycles. The number of pyridine rings is 1. The molecule has 23 heavy (non-hydrogen) atoms. The van der Waals surface area contributed by atoms with Gasteiger partial charge in [-0.25, -0.2) is 0 Å². The van der Waals surface area contributed by atoms with Crippen molar-refractivity contribution in [2.45, 2.75) is 18.7 Å². The average molecular weight is 333 g/mol. The molecule has 0 spiro atoms. The number of hydrogen-bond acceptors (Lipinski definition) is 4. The second-order valence-corrected chi connectivity index (χ2v) is 7.51. The third kappa shape index (κ3) is 3.64. The molecule has 1 atom stereocenters. The number of hydrogen-bond donors (Lipinski definition) is 1.